The Morgan fingerprint density at radius 3 is 2.39 bits per heavy atom. The highest BCUT2D eigenvalue weighted by molar-refractivity contribution is 6.30. The van der Waals surface area contributed by atoms with E-state index in [0.717, 1.165) is 16.8 Å². The molecular formula is C17H15ClN4O. The molecule has 0 radical (unpaired) electrons. The van der Waals surface area contributed by atoms with E-state index in [1.165, 1.54) is 6.33 Å². The number of nitrogens with one attached hydrogen (secondary N) is 2. The summed E-state index contributed by atoms with van der Waals surface area (Å²) in [6, 6.07) is 10.8. The molecule has 0 saturated carbocycles. The van der Waals surface area contributed by atoms with Crippen LogP contribution in [0.15, 0.2) is 55.1 Å². The van der Waals surface area contributed by atoms with Crippen molar-refractivity contribution in [3.8, 4) is 0 Å². The van der Waals surface area contributed by atoms with Crippen molar-refractivity contribution in [2.75, 3.05) is 0 Å². The number of halogens is 1. The zero-order valence-electron chi connectivity index (χ0n) is 12.5. The number of nitrogens with zero attached hydrogens (tertiary/aromatic N) is 2. The van der Waals surface area contributed by atoms with Crippen LogP contribution in [-0.4, -0.2) is 20.9 Å². The van der Waals surface area contributed by atoms with E-state index in [0.29, 0.717) is 10.7 Å². The molecular weight excluding hydrogens is 312 g/mol. The molecule has 1 amide bonds. The second-order valence-corrected chi connectivity index (χ2v) is 5.55. The predicted octanol–water partition coefficient (Wildman–Crippen LogP) is 3.29. The molecule has 0 saturated heterocycles. The van der Waals surface area contributed by atoms with Crippen LogP contribution < -0.4 is 5.32 Å². The van der Waals surface area contributed by atoms with Gasteiger partial charge in [-0.2, -0.15) is 0 Å². The molecule has 23 heavy (non-hydrogen) atoms. The van der Waals surface area contributed by atoms with Gasteiger partial charge in [0.05, 0.1) is 12.4 Å². The highest BCUT2D eigenvalue weighted by Crippen LogP contribution is 2.23. The van der Waals surface area contributed by atoms with E-state index in [-0.39, 0.29) is 11.9 Å². The highest BCUT2D eigenvalue weighted by atomic mass is 35.5. The Morgan fingerprint density at radius 1 is 1.13 bits per heavy atom. The fourth-order valence-corrected chi connectivity index (χ4v) is 2.48. The summed E-state index contributed by atoms with van der Waals surface area (Å²) in [6.45, 7) is 1.81. The minimum Gasteiger partial charge on any atom is -0.348 e. The first-order valence-corrected chi connectivity index (χ1v) is 7.49. The maximum Gasteiger partial charge on any atom is 0.272 e. The second-order valence-electron chi connectivity index (χ2n) is 5.11. The Morgan fingerprint density at radius 2 is 1.78 bits per heavy atom. The molecule has 0 spiro atoms. The number of hydrogen-bond donors (Lipinski definition) is 2. The molecule has 0 aliphatic rings. The molecule has 2 N–H and O–H groups in total. The van der Waals surface area contributed by atoms with Crippen molar-refractivity contribution in [2.24, 2.45) is 0 Å². The molecule has 5 nitrogen and oxygen atoms in total. The number of pyridine rings is 1. The van der Waals surface area contributed by atoms with Crippen molar-refractivity contribution in [3.63, 3.8) is 0 Å². The average molecular weight is 327 g/mol. The first kappa shape index (κ1) is 15.2. The molecule has 3 aromatic rings. The van der Waals surface area contributed by atoms with E-state index >= 15 is 0 Å². The number of benzene rings is 1. The lowest BCUT2D eigenvalue weighted by Crippen LogP contribution is -2.30. The third-order valence-electron chi connectivity index (χ3n) is 3.56. The normalized spacial score (nSPS) is 11.9. The number of H-pyrrole nitrogens is 1. The summed E-state index contributed by atoms with van der Waals surface area (Å²) in [7, 11) is 0. The number of rotatable bonds is 4. The van der Waals surface area contributed by atoms with Crippen molar-refractivity contribution in [3.05, 3.63) is 82.7 Å². The first-order chi connectivity index (χ1) is 11.1. The summed E-state index contributed by atoms with van der Waals surface area (Å²) in [6.07, 6.45) is 4.91. The third-order valence-corrected chi connectivity index (χ3v) is 3.82. The number of aromatic nitrogens is 3. The second kappa shape index (κ2) is 6.62. The van der Waals surface area contributed by atoms with Crippen molar-refractivity contribution < 1.29 is 4.79 Å². The fourth-order valence-electron chi connectivity index (χ4n) is 2.36. The van der Waals surface area contributed by atoms with Crippen molar-refractivity contribution in [1.29, 1.82) is 0 Å². The van der Waals surface area contributed by atoms with Crippen LogP contribution in [0.1, 0.15) is 33.4 Å². The van der Waals surface area contributed by atoms with Gasteiger partial charge in [0.25, 0.3) is 5.91 Å². The van der Waals surface area contributed by atoms with E-state index in [2.05, 4.69) is 20.3 Å². The van der Waals surface area contributed by atoms with Crippen LogP contribution in [0.5, 0.6) is 0 Å². The maximum atomic E-state index is 12.5. The topological polar surface area (TPSA) is 70.7 Å². The molecule has 2 aromatic heterocycles. The smallest absolute Gasteiger partial charge is 0.272 e. The Balaban J connectivity index is 1.94. The number of imidazole rings is 1. The van der Waals surface area contributed by atoms with Gasteiger partial charge in [-0.05, 0) is 42.3 Å². The fraction of sp³-hybridized carbons (Fsp3) is 0.118. The van der Waals surface area contributed by atoms with E-state index in [9.17, 15) is 4.79 Å². The number of hydrogen-bond acceptors (Lipinski definition) is 3. The molecule has 0 bridgehead atoms. The average Bonchev–Trinajstić information content (AvgIpc) is 3.00. The Kier molecular flexibility index (Phi) is 4.39. The van der Waals surface area contributed by atoms with Gasteiger partial charge in [-0.15, -0.1) is 0 Å². The summed E-state index contributed by atoms with van der Waals surface area (Å²) in [5, 5.41) is 3.67. The van der Waals surface area contributed by atoms with Gasteiger partial charge in [0.1, 0.15) is 5.69 Å². The van der Waals surface area contributed by atoms with E-state index < -0.39 is 0 Å². The molecule has 1 atom stereocenters. The number of aryl methyl sites for hydroxylation is 1. The monoisotopic (exact) mass is 326 g/mol. The summed E-state index contributed by atoms with van der Waals surface area (Å²) < 4.78 is 0. The number of carbonyl (C=O) groups is 1. The molecule has 0 fully saturated rings. The minimum atomic E-state index is -0.307. The molecule has 1 aromatic carbocycles. The van der Waals surface area contributed by atoms with Crippen LogP contribution in [0.25, 0.3) is 0 Å². The lowest BCUT2D eigenvalue weighted by atomic mass is 9.99. The van der Waals surface area contributed by atoms with Gasteiger partial charge in [-0.3, -0.25) is 9.78 Å². The van der Waals surface area contributed by atoms with Gasteiger partial charge in [0.2, 0.25) is 0 Å². The zero-order chi connectivity index (χ0) is 16.2. The van der Waals surface area contributed by atoms with E-state index in [1.807, 2.05) is 31.2 Å². The molecule has 0 aliphatic heterocycles. The molecule has 2 heterocycles. The van der Waals surface area contributed by atoms with Gasteiger partial charge in [-0.1, -0.05) is 23.7 Å². The van der Waals surface area contributed by atoms with Gasteiger partial charge in [0, 0.05) is 23.1 Å². The standard InChI is InChI=1S/C17H15ClN4O/c1-11-15(21-10-20-11)17(23)22-16(13-6-8-19-9-7-13)12-2-4-14(18)5-3-12/h2-10,16H,1H3,(H,20,21)(H,22,23)/t16-/m0/s1. The first-order valence-electron chi connectivity index (χ1n) is 7.11. The Labute approximate surface area is 138 Å². The van der Waals surface area contributed by atoms with Crippen molar-refractivity contribution in [1.82, 2.24) is 20.3 Å². The Hall–Kier alpha value is -2.66. The quantitative estimate of drug-likeness (QED) is 0.773. The van der Waals surface area contributed by atoms with Crippen molar-refractivity contribution >= 4 is 17.5 Å². The van der Waals surface area contributed by atoms with E-state index in [4.69, 9.17) is 11.6 Å². The summed E-state index contributed by atoms with van der Waals surface area (Å²) in [5.41, 5.74) is 2.98. The molecule has 0 aliphatic carbocycles. The molecule has 0 unspecified atom stereocenters. The predicted molar refractivity (Wildman–Crippen MR) is 88.3 cm³/mol. The summed E-state index contributed by atoms with van der Waals surface area (Å²) in [5.74, 6) is -0.236. The van der Waals surface area contributed by atoms with Crippen LogP contribution in [0.3, 0.4) is 0 Å². The third kappa shape index (κ3) is 3.40. The summed E-state index contributed by atoms with van der Waals surface area (Å²) in [4.78, 5) is 23.5. The number of amides is 1. The van der Waals surface area contributed by atoms with Crippen LogP contribution in [-0.2, 0) is 0 Å². The van der Waals surface area contributed by atoms with E-state index in [1.54, 1.807) is 24.5 Å². The lowest BCUT2D eigenvalue weighted by molar-refractivity contribution is 0.0938. The SMILES string of the molecule is Cc1[nH]cnc1C(=O)N[C@H](c1ccncc1)c1ccc(Cl)cc1. The lowest BCUT2D eigenvalue weighted by Gasteiger charge is -2.19. The largest absolute Gasteiger partial charge is 0.348 e. The number of carbonyl (C=O) groups excluding carboxylic acids is 1. The van der Waals surface area contributed by atoms with Crippen LogP contribution in [0.2, 0.25) is 5.02 Å². The van der Waals surface area contributed by atoms with Gasteiger partial charge < -0.3 is 10.3 Å². The molecule has 6 heteroatoms. The van der Waals surface area contributed by atoms with Gasteiger partial charge >= 0.3 is 0 Å². The molecule has 116 valence electrons. The Bertz CT molecular complexity index is 799. The number of aromatic amines is 1. The van der Waals surface area contributed by atoms with Crippen LogP contribution >= 0.6 is 11.6 Å². The van der Waals surface area contributed by atoms with Gasteiger partial charge in [0.15, 0.2) is 0 Å². The highest BCUT2D eigenvalue weighted by Gasteiger charge is 2.20. The van der Waals surface area contributed by atoms with Gasteiger partial charge in [-0.25, -0.2) is 4.98 Å². The summed E-state index contributed by atoms with van der Waals surface area (Å²) >= 11 is 5.96. The maximum absolute atomic E-state index is 12.5. The van der Waals surface area contributed by atoms with Crippen LogP contribution in [0, 0.1) is 6.92 Å². The minimum absolute atomic E-state index is 0.236. The van der Waals surface area contributed by atoms with Crippen LogP contribution in [0.4, 0.5) is 0 Å². The molecule has 3 rings (SSSR count). The van der Waals surface area contributed by atoms with Crippen molar-refractivity contribution in [2.45, 2.75) is 13.0 Å². The zero-order valence-corrected chi connectivity index (χ0v) is 13.2.